The molecule has 2 fully saturated rings. The van der Waals surface area contributed by atoms with E-state index in [1.165, 1.54) is 6.92 Å². The van der Waals surface area contributed by atoms with E-state index >= 15 is 0 Å². The Balaban J connectivity index is 1.86. The molecule has 2 heterocycles. The van der Waals surface area contributed by atoms with Crippen LogP contribution in [0.4, 0.5) is 17.6 Å². The lowest BCUT2D eigenvalue weighted by molar-refractivity contribution is -0.200. The summed E-state index contributed by atoms with van der Waals surface area (Å²) in [5.41, 5.74) is -3.33. The first-order chi connectivity index (χ1) is 9.74. The quantitative estimate of drug-likeness (QED) is 0.854. The van der Waals surface area contributed by atoms with E-state index in [0.717, 1.165) is 0 Å². The molecule has 0 bridgehead atoms. The van der Waals surface area contributed by atoms with Gasteiger partial charge in [0.15, 0.2) is 5.82 Å². The lowest BCUT2D eigenvalue weighted by Gasteiger charge is -2.37. The molecule has 0 aromatic carbocycles. The summed E-state index contributed by atoms with van der Waals surface area (Å²) in [6, 6.07) is 0. The Hall–Kier alpha value is -1.18. The van der Waals surface area contributed by atoms with Crippen molar-refractivity contribution in [2.24, 2.45) is 0 Å². The van der Waals surface area contributed by atoms with Crippen molar-refractivity contribution in [2.45, 2.75) is 55.8 Å². The zero-order valence-electron chi connectivity index (χ0n) is 11.6. The van der Waals surface area contributed by atoms with E-state index in [9.17, 15) is 17.6 Å². The Morgan fingerprint density at radius 3 is 2.38 bits per heavy atom. The minimum Gasteiger partial charge on any atom is -0.339 e. The number of hydrogen-bond acceptors (Lipinski definition) is 4. The summed E-state index contributed by atoms with van der Waals surface area (Å²) in [5.74, 6) is -0.450. The standard InChI is InChI=1S/C13H17F4N3O/c1-11(14)6-8(7-11)9-19-10(20-21-9)12(13(15,16)17)2-4-18-5-3-12/h8,18H,2-7H2,1H3. The van der Waals surface area contributed by atoms with Gasteiger partial charge in [0.2, 0.25) is 5.89 Å². The molecule has 0 atom stereocenters. The second kappa shape index (κ2) is 4.66. The Labute approximate surface area is 119 Å². The zero-order valence-corrected chi connectivity index (χ0v) is 11.6. The van der Waals surface area contributed by atoms with Crippen molar-refractivity contribution in [2.75, 3.05) is 13.1 Å². The molecule has 1 aliphatic heterocycles. The molecular formula is C13H17F4N3O. The van der Waals surface area contributed by atoms with Gasteiger partial charge in [-0.2, -0.15) is 18.2 Å². The third-order valence-electron chi connectivity index (χ3n) is 4.56. The first kappa shape index (κ1) is 14.7. The molecule has 118 valence electrons. The fourth-order valence-electron chi connectivity index (χ4n) is 3.23. The smallest absolute Gasteiger partial charge is 0.339 e. The van der Waals surface area contributed by atoms with E-state index in [-0.39, 0.29) is 56.4 Å². The lowest BCUT2D eigenvalue weighted by Crippen LogP contribution is -2.50. The van der Waals surface area contributed by atoms with E-state index in [0.29, 0.717) is 0 Å². The summed E-state index contributed by atoms with van der Waals surface area (Å²) < 4.78 is 59.0. The van der Waals surface area contributed by atoms with Crippen LogP contribution in [0.3, 0.4) is 0 Å². The van der Waals surface area contributed by atoms with E-state index in [2.05, 4.69) is 15.5 Å². The van der Waals surface area contributed by atoms with Crippen molar-refractivity contribution in [1.29, 1.82) is 0 Å². The van der Waals surface area contributed by atoms with Crippen LogP contribution in [-0.4, -0.2) is 35.1 Å². The van der Waals surface area contributed by atoms with Gasteiger partial charge >= 0.3 is 6.18 Å². The molecular weight excluding hydrogens is 290 g/mol. The Kier molecular flexibility index (Phi) is 3.27. The van der Waals surface area contributed by atoms with Crippen molar-refractivity contribution >= 4 is 0 Å². The molecule has 3 rings (SSSR count). The molecule has 1 aromatic heterocycles. The van der Waals surface area contributed by atoms with Gasteiger partial charge in [0, 0.05) is 5.92 Å². The largest absolute Gasteiger partial charge is 0.401 e. The Bertz CT molecular complexity index is 512. The first-order valence-electron chi connectivity index (χ1n) is 7.04. The molecule has 0 amide bonds. The van der Waals surface area contributed by atoms with Gasteiger partial charge in [-0.3, -0.25) is 0 Å². The number of halogens is 4. The maximum Gasteiger partial charge on any atom is 0.401 e. The van der Waals surface area contributed by atoms with Gasteiger partial charge in [-0.1, -0.05) is 5.16 Å². The van der Waals surface area contributed by atoms with Gasteiger partial charge in [0.05, 0.1) is 0 Å². The number of nitrogens with zero attached hydrogens (tertiary/aromatic N) is 2. The van der Waals surface area contributed by atoms with Crippen LogP contribution >= 0.6 is 0 Å². The molecule has 1 aromatic rings. The van der Waals surface area contributed by atoms with Crippen LogP contribution in [0.1, 0.15) is 50.2 Å². The summed E-state index contributed by atoms with van der Waals surface area (Å²) in [5, 5.41) is 6.48. The third kappa shape index (κ3) is 2.43. The van der Waals surface area contributed by atoms with Crippen molar-refractivity contribution in [3.63, 3.8) is 0 Å². The van der Waals surface area contributed by atoms with E-state index < -0.39 is 17.3 Å². The van der Waals surface area contributed by atoms with Crippen LogP contribution in [0, 0.1) is 0 Å². The van der Waals surface area contributed by atoms with Crippen molar-refractivity contribution in [3.8, 4) is 0 Å². The highest BCUT2D eigenvalue weighted by Crippen LogP contribution is 2.49. The fraction of sp³-hybridized carbons (Fsp3) is 0.846. The molecule has 21 heavy (non-hydrogen) atoms. The van der Waals surface area contributed by atoms with Gasteiger partial charge in [0.25, 0.3) is 0 Å². The van der Waals surface area contributed by atoms with Crippen LogP contribution in [0.25, 0.3) is 0 Å². The second-order valence-corrected chi connectivity index (χ2v) is 6.30. The van der Waals surface area contributed by atoms with Gasteiger partial charge in [-0.05, 0) is 45.7 Å². The number of alkyl halides is 4. The highest BCUT2D eigenvalue weighted by atomic mass is 19.4. The monoisotopic (exact) mass is 307 g/mol. The average Bonchev–Trinajstić information content (AvgIpc) is 2.85. The predicted molar refractivity (Wildman–Crippen MR) is 65.6 cm³/mol. The van der Waals surface area contributed by atoms with Crippen LogP contribution in [0.5, 0.6) is 0 Å². The number of aromatic nitrogens is 2. The number of hydrogen-bond donors (Lipinski definition) is 1. The highest BCUT2D eigenvalue weighted by molar-refractivity contribution is 5.16. The van der Waals surface area contributed by atoms with Crippen LogP contribution in [-0.2, 0) is 5.41 Å². The van der Waals surface area contributed by atoms with Crippen molar-refractivity contribution in [1.82, 2.24) is 15.5 Å². The Morgan fingerprint density at radius 1 is 1.24 bits per heavy atom. The minimum absolute atomic E-state index is 0.110. The normalized spacial score (nSPS) is 32.7. The summed E-state index contributed by atoms with van der Waals surface area (Å²) in [4.78, 5) is 3.97. The third-order valence-corrected chi connectivity index (χ3v) is 4.56. The number of nitrogens with one attached hydrogen (secondary N) is 1. The van der Waals surface area contributed by atoms with Gasteiger partial charge in [0.1, 0.15) is 11.1 Å². The molecule has 0 radical (unpaired) electrons. The molecule has 8 heteroatoms. The maximum atomic E-state index is 13.5. The van der Waals surface area contributed by atoms with Crippen LogP contribution < -0.4 is 5.32 Å². The first-order valence-corrected chi connectivity index (χ1v) is 7.04. The summed E-state index contributed by atoms with van der Waals surface area (Å²) >= 11 is 0. The second-order valence-electron chi connectivity index (χ2n) is 6.30. The van der Waals surface area contributed by atoms with E-state index in [1.807, 2.05) is 0 Å². The average molecular weight is 307 g/mol. The van der Waals surface area contributed by atoms with Gasteiger partial charge in [-0.25, -0.2) is 4.39 Å². The fourth-order valence-corrected chi connectivity index (χ4v) is 3.23. The predicted octanol–water partition coefficient (Wildman–Crippen LogP) is 2.86. The van der Waals surface area contributed by atoms with Crippen LogP contribution in [0.15, 0.2) is 4.52 Å². The van der Waals surface area contributed by atoms with Crippen LogP contribution in [0.2, 0.25) is 0 Å². The number of piperidine rings is 1. The molecule has 2 aliphatic rings. The maximum absolute atomic E-state index is 13.5. The highest BCUT2D eigenvalue weighted by Gasteiger charge is 2.59. The minimum atomic E-state index is -4.43. The molecule has 1 saturated carbocycles. The van der Waals surface area contributed by atoms with Gasteiger partial charge < -0.3 is 9.84 Å². The lowest BCUT2D eigenvalue weighted by atomic mass is 9.73. The van der Waals surface area contributed by atoms with Crippen molar-refractivity contribution in [3.05, 3.63) is 11.7 Å². The molecule has 0 spiro atoms. The molecule has 1 N–H and O–H groups in total. The molecule has 1 saturated heterocycles. The van der Waals surface area contributed by atoms with Crippen molar-refractivity contribution < 1.29 is 22.1 Å². The molecule has 1 aliphatic carbocycles. The molecule has 0 unspecified atom stereocenters. The number of rotatable bonds is 2. The summed E-state index contributed by atoms with van der Waals surface area (Å²) in [6.45, 7) is 1.98. The SMILES string of the molecule is CC1(F)CC(c2nc(C3(C(F)(F)F)CCNCC3)no2)C1. The summed E-state index contributed by atoms with van der Waals surface area (Å²) in [7, 11) is 0. The van der Waals surface area contributed by atoms with Gasteiger partial charge in [-0.15, -0.1) is 0 Å². The Morgan fingerprint density at radius 2 is 1.86 bits per heavy atom. The topological polar surface area (TPSA) is 51.0 Å². The van der Waals surface area contributed by atoms with E-state index in [1.54, 1.807) is 0 Å². The van der Waals surface area contributed by atoms with E-state index in [4.69, 9.17) is 4.52 Å². The molecule has 4 nitrogen and oxygen atoms in total. The summed E-state index contributed by atoms with van der Waals surface area (Å²) in [6.07, 6.45) is -4.21. The zero-order chi connectivity index (χ0) is 15.3.